The van der Waals surface area contributed by atoms with Crippen LogP contribution < -0.4 is 5.32 Å². The molecule has 0 saturated carbocycles. The Morgan fingerprint density at radius 2 is 1.77 bits per heavy atom. The largest absolute Gasteiger partial charge is 0.324 e. The zero-order valence-corrected chi connectivity index (χ0v) is 14.3. The van der Waals surface area contributed by atoms with E-state index in [1.165, 1.54) is 55.5 Å². The molecule has 0 bridgehead atoms. The van der Waals surface area contributed by atoms with Gasteiger partial charge in [-0.3, -0.25) is 19.7 Å². The first-order chi connectivity index (χ1) is 12.2. The first kappa shape index (κ1) is 17.5. The number of non-ortho nitro benzene ring substituents is 1. The summed E-state index contributed by atoms with van der Waals surface area (Å²) in [6, 6.07) is 9.47. The molecule has 0 spiro atoms. The number of carbonyl (C=O) groups excluding carboxylic acids is 2. The molecule has 1 aliphatic rings. The number of anilines is 1. The van der Waals surface area contributed by atoms with Gasteiger partial charge in [0.25, 0.3) is 21.6 Å². The van der Waals surface area contributed by atoms with E-state index in [4.69, 9.17) is 0 Å². The fourth-order valence-corrected chi connectivity index (χ4v) is 4.33. The molecule has 0 aliphatic carbocycles. The minimum absolute atomic E-state index is 0.0162. The lowest BCUT2D eigenvalue weighted by atomic mass is 10.2. The summed E-state index contributed by atoms with van der Waals surface area (Å²) in [6.07, 6.45) is 0. The third kappa shape index (κ3) is 2.80. The Kier molecular flexibility index (Phi) is 4.20. The van der Waals surface area contributed by atoms with Gasteiger partial charge >= 0.3 is 0 Å². The van der Waals surface area contributed by atoms with Gasteiger partial charge in [-0.1, -0.05) is 12.1 Å². The van der Waals surface area contributed by atoms with Crippen LogP contribution in [0.2, 0.25) is 0 Å². The number of nitrogens with one attached hydrogen (secondary N) is 1. The number of benzene rings is 2. The first-order valence-electron chi connectivity index (χ1n) is 7.46. The van der Waals surface area contributed by atoms with Crippen molar-refractivity contribution in [2.24, 2.45) is 0 Å². The number of nitro benzene ring substituents is 1. The van der Waals surface area contributed by atoms with Crippen LogP contribution in [0.1, 0.15) is 17.3 Å². The average Bonchev–Trinajstić information content (AvgIpc) is 2.81. The third-order valence-corrected chi connectivity index (χ3v) is 5.84. The van der Waals surface area contributed by atoms with E-state index in [1.807, 2.05) is 0 Å². The molecule has 2 aromatic carbocycles. The van der Waals surface area contributed by atoms with E-state index in [0.29, 0.717) is 4.31 Å². The van der Waals surface area contributed by atoms with Crippen molar-refractivity contribution in [2.45, 2.75) is 17.9 Å². The number of nitrogens with zero attached hydrogens (tertiary/aromatic N) is 2. The van der Waals surface area contributed by atoms with Crippen LogP contribution in [0, 0.1) is 10.1 Å². The number of hydrogen-bond acceptors (Lipinski definition) is 6. The van der Waals surface area contributed by atoms with Crippen LogP contribution in [0.3, 0.4) is 0 Å². The molecule has 0 radical (unpaired) electrons. The van der Waals surface area contributed by atoms with Crippen molar-refractivity contribution < 1.29 is 22.9 Å². The van der Waals surface area contributed by atoms with Crippen molar-refractivity contribution in [1.82, 2.24) is 4.31 Å². The summed E-state index contributed by atoms with van der Waals surface area (Å²) in [7, 11) is -4.12. The smallest absolute Gasteiger partial charge is 0.269 e. The van der Waals surface area contributed by atoms with Gasteiger partial charge in [0.05, 0.1) is 10.5 Å². The van der Waals surface area contributed by atoms with Crippen LogP contribution in [-0.2, 0) is 14.8 Å². The summed E-state index contributed by atoms with van der Waals surface area (Å²) >= 11 is 0. The van der Waals surface area contributed by atoms with Gasteiger partial charge in [0.2, 0.25) is 5.91 Å². The molecule has 9 nitrogen and oxygen atoms in total. The second-order valence-electron chi connectivity index (χ2n) is 5.57. The van der Waals surface area contributed by atoms with Gasteiger partial charge in [0.1, 0.15) is 10.9 Å². The Morgan fingerprint density at radius 1 is 1.15 bits per heavy atom. The Balaban J connectivity index is 1.83. The predicted molar refractivity (Wildman–Crippen MR) is 91.0 cm³/mol. The quantitative estimate of drug-likeness (QED) is 0.641. The minimum atomic E-state index is -4.12. The zero-order valence-electron chi connectivity index (χ0n) is 13.4. The van der Waals surface area contributed by atoms with Crippen LogP contribution in [0.25, 0.3) is 0 Å². The molecule has 1 N–H and O–H groups in total. The van der Waals surface area contributed by atoms with E-state index in [-0.39, 0.29) is 21.8 Å². The number of hydrogen-bond donors (Lipinski definition) is 1. The van der Waals surface area contributed by atoms with Gasteiger partial charge in [-0.2, -0.15) is 0 Å². The van der Waals surface area contributed by atoms with E-state index in [0.717, 1.165) is 0 Å². The van der Waals surface area contributed by atoms with Gasteiger partial charge in [0.15, 0.2) is 0 Å². The number of carbonyl (C=O) groups is 2. The molecule has 3 rings (SSSR count). The molecule has 1 heterocycles. The Bertz CT molecular complexity index is 1020. The summed E-state index contributed by atoms with van der Waals surface area (Å²) in [5.74, 6) is -1.50. The monoisotopic (exact) mass is 375 g/mol. The van der Waals surface area contributed by atoms with E-state index >= 15 is 0 Å². The minimum Gasteiger partial charge on any atom is -0.324 e. The zero-order chi connectivity index (χ0) is 19.1. The highest BCUT2D eigenvalue weighted by Crippen LogP contribution is 2.31. The molecule has 0 fully saturated rings. The maximum absolute atomic E-state index is 12.6. The lowest BCUT2D eigenvalue weighted by Crippen LogP contribution is -2.45. The first-order valence-corrected chi connectivity index (χ1v) is 8.90. The highest BCUT2D eigenvalue weighted by Gasteiger charge is 2.45. The van der Waals surface area contributed by atoms with Crippen molar-refractivity contribution in [3.8, 4) is 0 Å². The molecule has 10 heteroatoms. The van der Waals surface area contributed by atoms with Crippen LogP contribution in [0.15, 0.2) is 53.4 Å². The number of sulfonamides is 1. The molecule has 134 valence electrons. The molecular weight excluding hydrogens is 362 g/mol. The lowest BCUT2D eigenvalue weighted by molar-refractivity contribution is -0.384. The van der Waals surface area contributed by atoms with Gasteiger partial charge in [-0.25, -0.2) is 12.7 Å². The lowest BCUT2D eigenvalue weighted by Gasteiger charge is -2.22. The van der Waals surface area contributed by atoms with Crippen LogP contribution in [-0.4, -0.2) is 35.5 Å². The fourth-order valence-electron chi connectivity index (χ4n) is 2.61. The fraction of sp³-hybridized carbons (Fsp3) is 0.125. The topological polar surface area (TPSA) is 127 Å². The number of rotatable bonds is 4. The van der Waals surface area contributed by atoms with Gasteiger partial charge in [0, 0.05) is 17.8 Å². The molecule has 2 amide bonds. The van der Waals surface area contributed by atoms with Gasteiger partial charge < -0.3 is 5.32 Å². The van der Waals surface area contributed by atoms with Crippen LogP contribution in [0.5, 0.6) is 0 Å². The Hall–Kier alpha value is -3.27. The SMILES string of the molecule is C[C@H](C(=O)Nc1ccc([N+](=O)[O-])cc1)N1C(=O)c2ccccc2S1(=O)=O. The number of fused-ring (bicyclic) bond motifs is 1. The highest BCUT2D eigenvalue weighted by atomic mass is 32.2. The maximum atomic E-state index is 12.6. The molecule has 0 saturated heterocycles. The standard InChI is InChI=1S/C16H13N3O6S/c1-10(15(20)17-11-6-8-12(9-7-11)19(22)23)18-16(21)13-4-2-3-5-14(13)26(18,24)25/h2-10H,1H3,(H,17,20)/t10-/m1/s1. The van der Waals surface area contributed by atoms with Gasteiger partial charge in [-0.15, -0.1) is 0 Å². The molecule has 1 atom stereocenters. The highest BCUT2D eigenvalue weighted by molar-refractivity contribution is 7.90. The van der Waals surface area contributed by atoms with Crippen molar-refractivity contribution in [1.29, 1.82) is 0 Å². The molecule has 26 heavy (non-hydrogen) atoms. The van der Waals surface area contributed by atoms with Crippen molar-refractivity contribution >= 4 is 33.2 Å². The Labute approximate surface area is 148 Å². The number of amides is 2. The Morgan fingerprint density at radius 3 is 2.35 bits per heavy atom. The van der Waals surface area contributed by atoms with E-state index in [9.17, 15) is 28.1 Å². The second-order valence-corrected chi connectivity index (χ2v) is 7.35. The summed E-state index contributed by atoms with van der Waals surface area (Å²) in [4.78, 5) is 34.7. The normalized spacial score (nSPS) is 16.0. The number of nitro groups is 1. The maximum Gasteiger partial charge on any atom is 0.269 e. The molecule has 0 unspecified atom stereocenters. The second kappa shape index (κ2) is 6.23. The average molecular weight is 375 g/mol. The van der Waals surface area contributed by atoms with E-state index in [2.05, 4.69) is 5.32 Å². The predicted octanol–water partition coefficient (Wildman–Crippen LogP) is 1.77. The van der Waals surface area contributed by atoms with Crippen LogP contribution in [0.4, 0.5) is 11.4 Å². The summed E-state index contributed by atoms with van der Waals surface area (Å²) < 4.78 is 25.7. The molecule has 2 aromatic rings. The summed E-state index contributed by atoms with van der Waals surface area (Å²) in [5, 5.41) is 13.1. The van der Waals surface area contributed by atoms with Crippen LogP contribution >= 0.6 is 0 Å². The van der Waals surface area contributed by atoms with Crippen molar-refractivity contribution in [2.75, 3.05) is 5.32 Å². The third-order valence-electron chi connectivity index (χ3n) is 3.93. The molecule has 1 aliphatic heterocycles. The summed E-state index contributed by atoms with van der Waals surface area (Å²) in [5.41, 5.74) is 0.111. The molecular formula is C16H13N3O6S. The van der Waals surface area contributed by atoms with Gasteiger partial charge in [-0.05, 0) is 31.2 Å². The van der Waals surface area contributed by atoms with Crippen molar-refractivity contribution in [3.63, 3.8) is 0 Å². The van der Waals surface area contributed by atoms with Crippen molar-refractivity contribution in [3.05, 3.63) is 64.2 Å². The van der Waals surface area contributed by atoms with E-state index < -0.39 is 32.8 Å². The molecule has 0 aromatic heterocycles. The summed E-state index contributed by atoms with van der Waals surface area (Å²) in [6.45, 7) is 1.29. The van der Waals surface area contributed by atoms with E-state index in [1.54, 1.807) is 0 Å².